The first-order valence-corrected chi connectivity index (χ1v) is 7.34. The van der Waals surface area contributed by atoms with Crippen molar-refractivity contribution in [3.05, 3.63) is 23.8 Å². The molecule has 0 radical (unpaired) electrons. The van der Waals surface area contributed by atoms with Gasteiger partial charge >= 0.3 is 5.97 Å². The monoisotopic (exact) mass is 276 g/mol. The van der Waals surface area contributed by atoms with Crippen LogP contribution < -0.4 is 11.1 Å². The fraction of sp³-hybridized carbons (Fsp3) is 0.562. The van der Waals surface area contributed by atoms with E-state index in [1.54, 1.807) is 19.1 Å². The Labute approximate surface area is 120 Å². The number of nitrogens with two attached hydrogens (primary N) is 1. The Bertz CT molecular complexity index is 479. The number of carbonyl (C=O) groups excluding carboxylic acids is 1. The van der Waals surface area contributed by atoms with E-state index in [1.807, 2.05) is 6.07 Å². The van der Waals surface area contributed by atoms with Crippen LogP contribution in [-0.4, -0.2) is 19.1 Å². The van der Waals surface area contributed by atoms with Crippen molar-refractivity contribution in [2.45, 2.75) is 39.5 Å². The molecule has 0 bridgehead atoms. The first-order chi connectivity index (χ1) is 9.54. The molecule has 110 valence electrons. The Kier molecular flexibility index (Phi) is 4.53. The van der Waals surface area contributed by atoms with Gasteiger partial charge in [0.15, 0.2) is 0 Å². The van der Waals surface area contributed by atoms with Crippen LogP contribution in [0.3, 0.4) is 0 Å². The highest BCUT2D eigenvalue weighted by Gasteiger charge is 2.28. The predicted octanol–water partition coefficient (Wildman–Crippen LogP) is 3.44. The van der Waals surface area contributed by atoms with Gasteiger partial charge in [0, 0.05) is 17.9 Å². The Balaban J connectivity index is 2.05. The molecule has 1 saturated carbocycles. The lowest BCUT2D eigenvalue weighted by Gasteiger charge is -2.24. The summed E-state index contributed by atoms with van der Waals surface area (Å²) in [4.78, 5) is 11.8. The smallest absolute Gasteiger partial charge is 0.340 e. The minimum Gasteiger partial charge on any atom is -0.462 e. The van der Waals surface area contributed by atoms with Gasteiger partial charge in [0.2, 0.25) is 0 Å². The van der Waals surface area contributed by atoms with Crippen molar-refractivity contribution in [2.75, 3.05) is 24.2 Å². The van der Waals surface area contributed by atoms with E-state index in [0.717, 1.165) is 12.2 Å². The highest BCUT2D eigenvalue weighted by molar-refractivity contribution is 5.96. The number of carbonyl (C=O) groups is 1. The second-order valence-electron chi connectivity index (χ2n) is 5.89. The molecule has 0 aromatic heterocycles. The van der Waals surface area contributed by atoms with Crippen molar-refractivity contribution in [2.24, 2.45) is 5.41 Å². The van der Waals surface area contributed by atoms with Crippen molar-refractivity contribution in [3.8, 4) is 0 Å². The van der Waals surface area contributed by atoms with Gasteiger partial charge in [0.25, 0.3) is 0 Å². The highest BCUT2D eigenvalue weighted by Crippen LogP contribution is 2.37. The Morgan fingerprint density at radius 2 is 2.10 bits per heavy atom. The number of hydrogen-bond donors (Lipinski definition) is 2. The van der Waals surface area contributed by atoms with Crippen LogP contribution in [0.1, 0.15) is 49.9 Å². The molecule has 0 spiro atoms. The Morgan fingerprint density at radius 1 is 1.40 bits per heavy atom. The number of nitrogen functional groups attached to an aromatic ring is 1. The molecule has 4 nitrogen and oxygen atoms in total. The van der Waals surface area contributed by atoms with Crippen LogP contribution in [0.4, 0.5) is 11.4 Å². The average Bonchev–Trinajstić information content (AvgIpc) is 2.85. The summed E-state index contributed by atoms with van der Waals surface area (Å²) in [7, 11) is 0. The Hall–Kier alpha value is -1.71. The molecular formula is C16H24N2O2. The van der Waals surface area contributed by atoms with Crippen molar-refractivity contribution in [1.29, 1.82) is 0 Å². The fourth-order valence-corrected chi connectivity index (χ4v) is 2.77. The summed E-state index contributed by atoms with van der Waals surface area (Å²) in [5, 5.41) is 3.43. The van der Waals surface area contributed by atoms with E-state index in [4.69, 9.17) is 10.5 Å². The molecule has 0 amide bonds. The van der Waals surface area contributed by atoms with Crippen LogP contribution in [0, 0.1) is 5.41 Å². The number of nitrogens with one attached hydrogen (secondary N) is 1. The molecule has 3 N–H and O–H groups in total. The van der Waals surface area contributed by atoms with Crippen LogP contribution in [-0.2, 0) is 4.74 Å². The lowest BCUT2D eigenvalue weighted by atomic mass is 9.89. The first kappa shape index (κ1) is 14.7. The second-order valence-corrected chi connectivity index (χ2v) is 5.89. The summed E-state index contributed by atoms with van der Waals surface area (Å²) in [5.74, 6) is -0.360. The van der Waals surface area contributed by atoms with Crippen molar-refractivity contribution in [3.63, 3.8) is 0 Å². The molecule has 0 heterocycles. The summed E-state index contributed by atoms with van der Waals surface area (Å²) >= 11 is 0. The molecule has 1 aromatic rings. The zero-order valence-corrected chi connectivity index (χ0v) is 12.4. The molecule has 1 aliphatic carbocycles. The highest BCUT2D eigenvalue weighted by atomic mass is 16.5. The third-order valence-electron chi connectivity index (χ3n) is 4.08. The van der Waals surface area contributed by atoms with Crippen LogP contribution in [0.15, 0.2) is 18.2 Å². The topological polar surface area (TPSA) is 64.3 Å². The van der Waals surface area contributed by atoms with Gasteiger partial charge in [-0.1, -0.05) is 19.8 Å². The van der Waals surface area contributed by atoms with Crippen LogP contribution in [0.25, 0.3) is 0 Å². The maximum atomic E-state index is 11.8. The van der Waals surface area contributed by atoms with Crippen molar-refractivity contribution < 1.29 is 9.53 Å². The molecule has 1 aromatic carbocycles. The third-order valence-corrected chi connectivity index (χ3v) is 4.08. The zero-order chi connectivity index (χ0) is 14.6. The maximum Gasteiger partial charge on any atom is 0.340 e. The number of anilines is 2. The predicted molar refractivity (Wildman–Crippen MR) is 81.9 cm³/mol. The molecule has 4 heteroatoms. The van der Waals surface area contributed by atoms with E-state index in [-0.39, 0.29) is 5.97 Å². The molecule has 0 atom stereocenters. The minimum absolute atomic E-state index is 0.355. The van der Waals surface area contributed by atoms with E-state index >= 15 is 0 Å². The van der Waals surface area contributed by atoms with Crippen LogP contribution in [0.5, 0.6) is 0 Å². The van der Waals surface area contributed by atoms with Crippen LogP contribution >= 0.6 is 0 Å². The van der Waals surface area contributed by atoms with Gasteiger partial charge < -0.3 is 15.8 Å². The largest absolute Gasteiger partial charge is 0.462 e. The molecule has 1 aliphatic rings. The summed E-state index contributed by atoms with van der Waals surface area (Å²) in [6.07, 6.45) is 5.15. The lowest BCUT2D eigenvalue weighted by Crippen LogP contribution is -2.23. The maximum absolute atomic E-state index is 11.8. The normalized spacial score (nSPS) is 16.9. The number of rotatable bonds is 5. The van der Waals surface area contributed by atoms with Crippen LogP contribution in [0.2, 0.25) is 0 Å². The zero-order valence-electron chi connectivity index (χ0n) is 12.4. The Morgan fingerprint density at radius 3 is 2.75 bits per heavy atom. The number of hydrogen-bond acceptors (Lipinski definition) is 4. The van der Waals surface area contributed by atoms with Gasteiger partial charge in [-0.05, 0) is 43.4 Å². The molecule has 0 saturated heterocycles. The summed E-state index contributed by atoms with van der Waals surface area (Å²) < 4.78 is 5.01. The molecule has 2 rings (SSSR count). The number of esters is 1. The van der Waals surface area contributed by atoms with Gasteiger partial charge in [-0.2, -0.15) is 0 Å². The van der Waals surface area contributed by atoms with Crippen molar-refractivity contribution in [1.82, 2.24) is 0 Å². The summed E-state index contributed by atoms with van der Waals surface area (Å²) in [6, 6.07) is 5.45. The SMILES string of the molecule is CCOC(=O)c1cc(NCC2(C)CCCC2)ccc1N. The summed E-state index contributed by atoms with van der Waals surface area (Å²) in [6.45, 7) is 5.39. The van der Waals surface area contributed by atoms with E-state index in [9.17, 15) is 4.79 Å². The van der Waals surface area contributed by atoms with Gasteiger partial charge in [-0.3, -0.25) is 0 Å². The van der Waals surface area contributed by atoms with E-state index in [1.165, 1.54) is 25.7 Å². The summed E-state index contributed by atoms with van der Waals surface area (Å²) in [5.41, 5.74) is 8.03. The molecular weight excluding hydrogens is 252 g/mol. The van der Waals surface area contributed by atoms with E-state index < -0.39 is 0 Å². The van der Waals surface area contributed by atoms with Gasteiger partial charge in [0.1, 0.15) is 0 Å². The van der Waals surface area contributed by atoms with E-state index in [2.05, 4.69) is 12.2 Å². The minimum atomic E-state index is -0.360. The van der Waals surface area contributed by atoms with Gasteiger partial charge in [-0.15, -0.1) is 0 Å². The quantitative estimate of drug-likeness (QED) is 0.638. The van der Waals surface area contributed by atoms with Crippen molar-refractivity contribution >= 4 is 17.3 Å². The first-order valence-electron chi connectivity index (χ1n) is 7.34. The van der Waals surface area contributed by atoms with Gasteiger partial charge in [0.05, 0.1) is 12.2 Å². The average molecular weight is 276 g/mol. The number of benzene rings is 1. The number of ether oxygens (including phenoxy) is 1. The third kappa shape index (κ3) is 3.44. The molecule has 0 unspecified atom stereocenters. The fourth-order valence-electron chi connectivity index (χ4n) is 2.77. The second kappa shape index (κ2) is 6.16. The molecule has 0 aliphatic heterocycles. The lowest BCUT2D eigenvalue weighted by molar-refractivity contribution is 0.0527. The standard InChI is InChI=1S/C16H24N2O2/c1-3-20-15(19)13-10-12(6-7-14(13)17)18-11-16(2)8-4-5-9-16/h6-7,10,18H,3-5,8-9,11,17H2,1-2H3. The van der Waals surface area contributed by atoms with E-state index in [0.29, 0.717) is 23.3 Å². The molecule has 20 heavy (non-hydrogen) atoms. The van der Waals surface area contributed by atoms with Gasteiger partial charge in [-0.25, -0.2) is 4.79 Å². The molecule has 1 fully saturated rings.